The Kier molecular flexibility index (Phi) is 3.86. The van der Waals surface area contributed by atoms with E-state index in [1.807, 2.05) is 30.3 Å². The Balaban J connectivity index is 1.48. The highest BCUT2D eigenvalue weighted by atomic mass is 35.5. The molecular formula is C17H14ClN3O2S. The summed E-state index contributed by atoms with van der Waals surface area (Å²) in [6, 6.07) is 14.8. The van der Waals surface area contributed by atoms with Gasteiger partial charge in [0.15, 0.2) is 0 Å². The van der Waals surface area contributed by atoms with Gasteiger partial charge < -0.3 is 4.72 Å². The van der Waals surface area contributed by atoms with Crippen molar-refractivity contribution in [2.75, 3.05) is 4.72 Å². The van der Waals surface area contributed by atoms with E-state index in [1.165, 1.54) is 5.01 Å². The summed E-state index contributed by atoms with van der Waals surface area (Å²) in [7, 11) is 0. The molecule has 1 heterocycles. The van der Waals surface area contributed by atoms with Gasteiger partial charge >= 0.3 is 5.24 Å². The van der Waals surface area contributed by atoms with Crippen LogP contribution in [0.1, 0.15) is 17.0 Å². The molecule has 1 aliphatic heterocycles. The summed E-state index contributed by atoms with van der Waals surface area (Å²) in [6.45, 7) is 0. The number of halogens is 1. The van der Waals surface area contributed by atoms with Crippen molar-refractivity contribution in [1.82, 2.24) is 10.4 Å². The third-order valence-corrected chi connectivity index (χ3v) is 5.27. The molecule has 0 aromatic heterocycles. The van der Waals surface area contributed by atoms with Crippen LogP contribution in [0.2, 0.25) is 5.02 Å². The number of nitrogens with zero attached hydrogens (tertiary/aromatic N) is 1. The molecule has 2 atom stereocenters. The Bertz CT molecular complexity index is 829. The van der Waals surface area contributed by atoms with Crippen molar-refractivity contribution in [3.63, 3.8) is 0 Å². The summed E-state index contributed by atoms with van der Waals surface area (Å²) in [5.74, 6) is -0.404. The van der Waals surface area contributed by atoms with E-state index < -0.39 is 0 Å². The number of benzene rings is 2. The topological polar surface area (TPSA) is 61.4 Å². The lowest BCUT2D eigenvalue weighted by Gasteiger charge is -2.21. The van der Waals surface area contributed by atoms with E-state index in [0.717, 1.165) is 28.8 Å². The maximum absolute atomic E-state index is 12.5. The Hall–Kier alpha value is -2.18. The van der Waals surface area contributed by atoms with Crippen LogP contribution in [0.4, 0.5) is 10.5 Å². The molecule has 0 radical (unpaired) electrons. The summed E-state index contributed by atoms with van der Waals surface area (Å²) in [4.78, 5) is 24.8. The van der Waals surface area contributed by atoms with Crippen LogP contribution in [0.5, 0.6) is 0 Å². The zero-order chi connectivity index (χ0) is 16.7. The van der Waals surface area contributed by atoms with Crippen LogP contribution in [-0.4, -0.2) is 22.2 Å². The zero-order valence-corrected chi connectivity index (χ0v) is 14.1. The number of anilines is 1. The first-order valence-corrected chi connectivity index (χ1v) is 8.73. The second kappa shape index (κ2) is 6.03. The Morgan fingerprint density at radius 1 is 1.25 bits per heavy atom. The van der Waals surface area contributed by atoms with E-state index in [0.29, 0.717) is 11.4 Å². The van der Waals surface area contributed by atoms with Crippen LogP contribution in [0.15, 0.2) is 48.5 Å². The predicted molar refractivity (Wildman–Crippen MR) is 94.7 cm³/mol. The number of hydrazine groups is 1. The van der Waals surface area contributed by atoms with Crippen LogP contribution in [-0.2, 0) is 11.2 Å². The van der Waals surface area contributed by atoms with Crippen LogP contribution in [0.3, 0.4) is 0 Å². The molecule has 2 aromatic rings. The van der Waals surface area contributed by atoms with E-state index in [-0.39, 0.29) is 23.1 Å². The van der Waals surface area contributed by atoms with Gasteiger partial charge in [-0.1, -0.05) is 41.9 Å². The first kappa shape index (κ1) is 15.4. The predicted octanol–water partition coefficient (Wildman–Crippen LogP) is 3.58. The number of rotatable bonds is 2. The number of carbonyl (C=O) groups is 2. The van der Waals surface area contributed by atoms with Crippen molar-refractivity contribution < 1.29 is 9.59 Å². The molecule has 0 saturated carbocycles. The molecule has 4 rings (SSSR count). The molecule has 2 aliphatic rings. The van der Waals surface area contributed by atoms with Gasteiger partial charge in [-0.15, -0.1) is 0 Å². The molecule has 2 aromatic carbocycles. The smallest absolute Gasteiger partial charge is 0.320 e. The molecule has 2 amide bonds. The SMILES string of the molecule is O=C1NN(C(=O)SNc2cccc(Cl)c2)C2Cc3ccccc3C12. The molecule has 5 nitrogen and oxygen atoms in total. The maximum Gasteiger partial charge on any atom is 0.320 e. The fraction of sp³-hybridized carbons (Fsp3) is 0.176. The number of hydrogen-bond donors (Lipinski definition) is 2. The van der Waals surface area contributed by atoms with Crippen molar-refractivity contribution in [3.05, 3.63) is 64.7 Å². The van der Waals surface area contributed by atoms with Gasteiger partial charge in [-0.2, -0.15) is 0 Å². The third-order valence-electron chi connectivity index (χ3n) is 4.33. The lowest BCUT2D eigenvalue weighted by molar-refractivity contribution is -0.121. The molecule has 24 heavy (non-hydrogen) atoms. The summed E-state index contributed by atoms with van der Waals surface area (Å²) in [5, 5.41) is 1.78. The number of hydrogen-bond acceptors (Lipinski definition) is 4. The molecule has 0 bridgehead atoms. The summed E-state index contributed by atoms with van der Waals surface area (Å²) in [6.07, 6.45) is 0.684. The standard InChI is InChI=1S/C17H14ClN3O2S/c18-11-5-3-6-12(9-11)20-24-17(23)21-14-8-10-4-1-2-7-13(10)15(14)16(22)19-21/h1-7,9,14-15,20H,8H2,(H,19,22). The molecule has 7 heteroatoms. The van der Waals surface area contributed by atoms with Gasteiger partial charge in [-0.3, -0.25) is 15.0 Å². The highest BCUT2D eigenvalue weighted by molar-refractivity contribution is 8.14. The first-order chi connectivity index (χ1) is 11.6. The number of nitrogens with one attached hydrogen (secondary N) is 2. The lowest BCUT2D eigenvalue weighted by Crippen LogP contribution is -2.42. The van der Waals surface area contributed by atoms with Crippen molar-refractivity contribution in [3.8, 4) is 0 Å². The van der Waals surface area contributed by atoms with Gasteiger partial charge in [-0.25, -0.2) is 5.01 Å². The quantitative estimate of drug-likeness (QED) is 0.805. The van der Waals surface area contributed by atoms with Crippen molar-refractivity contribution in [2.24, 2.45) is 0 Å². The Labute approximate surface area is 148 Å². The Morgan fingerprint density at radius 3 is 2.92 bits per heavy atom. The summed E-state index contributed by atoms with van der Waals surface area (Å²) < 4.78 is 2.97. The molecule has 1 aliphatic carbocycles. The van der Waals surface area contributed by atoms with Gasteiger partial charge in [-0.05, 0) is 35.7 Å². The number of carbonyl (C=O) groups excluding carboxylic acids is 2. The van der Waals surface area contributed by atoms with Gasteiger partial charge in [0.1, 0.15) is 0 Å². The van der Waals surface area contributed by atoms with Crippen LogP contribution < -0.4 is 10.1 Å². The largest absolute Gasteiger partial charge is 0.322 e. The lowest BCUT2D eigenvalue weighted by atomic mass is 9.99. The molecule has 2 N–H and O–H groups in total. The van der Waals surface area contributed by atoms with Crippen molar-refractivity contribution in [2.45, 2.75) is 18.4 Å². The third kappa shape index (κ3) is 2.61. The highest BCUT2D eigenvalue weighted by Crippen LogP contribution is 2.40. The number of amides is 2. The Morgan fingerprint density at radius 2 is 2.08 bits per heavy atom. The average Bonchev–Trinajstić information content (AvgIpc) is 3.10. The fourth-order valence-corrected chi connectivity index (χ4v) is 4.09. The van der Waals surface area contributed by atoms with Gasteiger partial charge in [0.2, 0.25) is 5.91 Å². The van der Waals surface area contributed by atoms with E-state index in [4.69, 9.17) is 11.6 Å². The van der Waals surface area contributed by atoms with Gasteiger partial charge in [0.05, 0.1) is 12.0 Å². The molecular weight excluding hydrogens is 346 g/mol. The normalized spacial score (nSPS) is 21.2. The van der Waals surface area contributed by atoms with Crippen molar-refractivity contribution >= 4 is 40.4 Å². The highest BCUT2D eigenvalue weighted by Gasteiger charge is 2.48. The monoisotopic (exact) mass is 359 g/mol. The maximum atomic E-state index is 12.5. The molecule has 1 saturated heterocycles. The van der Waals surface area contributed by atoms with Crippen LogP contribution in [0, 0.1) is 0 Å². The molecule has 0 spiro atoms. The first-order valence-electron chi connectivity index (χ1n) is 7.53. The van der Waals surface area contributed by atoms with Gasteiger partial charge in [0.25, 0.3) is 0 Å². The number of fused-ring (bicyclic) bond motifs is 3. The minimum absolute atomic E-state index is 0.123. The summed E-state index contributed by atoms with van der Waals surface area (Å²) in [5.41, 5.74) is 5.59. The van der Waals surface area contributed by atoms with E-state index in [9.17, 15) is 9.59 Å². The van der Waals surface area contributed by atoms with Crippen LogP contribution in [0.25, 0.3) is 0 Å². The molecule has 122 valence electrons. The fourth-order valence-electron chi connectivity index (χ4n) is 3.29. The van der Waals surface area contributed by atoms with E-state index >= 15 is 0 Å². The van der Waals surface area contributed by atoms with Crippen molar-refractivity contribution in [1.29, 1.82) is 0 Å². The van der Waals surface area contributed by atoms with E-state index in [1.54, 1.807) is 18.2 Å². The zero-order valence-electron chi connectivity index (χ0n) is 12.5. The van der Waals surface area contributed by atoms with E-state index in [2.05, 4.69) is 10.1 Å². The minimum atomic E-state index is -0.281. The second-order valence-electron chi connectivity index (χ2n) is 5.77. The van der Waals surface area contributed by atoms with Crippen LogP contribution >= 0.6 is 23.5 Å². The summed E-state index contributed by atoms with van der Waals surface area (Å²) >= 11 is 6.86. The molecule has 2 unspecified atom stereocenters. The second-order valence-corrected chi connectivity index (χ2v) is 6.97. The average molecular weight is 360 g/mol. The molecule has 1 fully saturated rings. The van der Waals surface area contributed by atoms with Gasteiger partial charge in [0, 0.05) is 22.7 Å². The minimum Gasteiger partial charge on any atom is -0.322 e.